The first-order valence-electron chi connectivity index (χ1n) is 17.8. The van der Waals surface area contributed by atoms with E-state index in [4.69, 9.17) is 11.5 Å². The molecule has 0 fully saturated rings. The van der Waals surface area contributed by atoms with Crippen molar-refractivity contribution in [3.8, 4) is 0 Å². The smallest absolute Gasteiger partial charge is 0.217 e. The van der Waals surface area contributed by atoms with E-state index in [0.29, 0.717) is 0 Å². The highest BCUT2D eigenvalue weighted by Crippen LogP contribution is 2.14. The molecule has 0 saturated carbocycles. The molecule has 45 heavy (non-hydrogen) atoms. The van der Waals surface area contributed by atoms with Gasteiger partial charge in [0.1, 0.15) is 0 Å². The summed E-state index contributed by atoms with van der Waals surface area (Å²) in [6, 6.07) is 0. The number of unbranched alkanes of at least 4 members (excludes halogenated alkanes) is 11. The van der Waals surface area contributed by atoms with Gasteiger partial charge in [0.2, 0.25) is 10.4 Å². The molecule has 0 aliphatic carbocycles. The predicted octanol–water partition coefficient (Wildman–Crippen LogP) is 5.20. The normalized spacial score (nSPS) is 11.6. The van der Waals surface area contributed by atoms with E-state index in [-0.39, 0.29) is 13.0 Å². The van der Waals surface area contributed by atoms with Gasteiger partial charge in [-0.05, 0) is 52.6 Å². The van der Waals surface area contributed by atoms with E-state index in [1.54, 1.807) is 0 Å². The van der Waals surface area contributed by atoms with Gasteiger partial charge in [-0.25, -0.2) is 8.42 Å². The summed E-state index contributed by atoms with van der Waals surface area (Å²) >= 11 is 0. The number of nitrogens with two attached hydrogens (primary N) is 2. The van der Waals surface area contributed by atoms with Gasteiger partial charge in [0.15, 0.2) is 0 Å². The fourth-order valence-corrected chi connectivity index (χ4v) is 4.38. The number of hydrogen-bond donors (Lipinski definition) is 2. The van der Waals surface area contributed by atoms with Crippen molar-refractivity contribution >= 4 is 16.4 Å². The molecule has 0 aliphatic heterocycles. The Hall–Kier alpha value is -0.820. The van der Waals surface area contributed by atoms with Crippen LogP contribution in [0.25, 0.3) is 0 Å². The first-order valence-corrected chi connectivity index (χ1v) is 19.1. The van der Waals surface area contributed by atoms with E-state index in [1.807, 2.05) is 0 Å². The summed E-state index contributed by atoms with van der Waals surface area (Å²) in [5.41, 5.74) is 10.8. The van der Waals surface area contributed by atoms with Gasteiger partial charge in [0.05, 0.1) is 61.0 Å². The number of carboxylic acid groups (broad SMARTS) is 1. The maximum absolute atomic E-state index is 10.2. The molecule has 0 aliphatic rings. The number of nitrogens with zero attached hydrogens (tertiary/aromatic N) is 2. The topological polar surface area (TPSA) is 159 Å². The van der Waals surface area contributed by atoms with Crippen molar-refractivity contribution in [1.29, 1.82) is 0 Å². The Morgan fingerprint density at radius 3 is 1.22 bits per heavy atom. The molecule has 0 atom stereocenters. The molecule has 0 heterocycles. The van der Waals surface area contributed by atoms with Crippen LogP contribution < -0.4 is 16.6 Å². The number of carbonyl (C=O) groups excluding carboxylic acids is 1. The number of carboxylic acids is 1. The zero-order valence-electron chi connectivity index (χ0n) is 31.2. The molecule has 0 saturated heterocycles. The fourth-order valence-electron chi connectivity index (χ4n) is 4.09. The van der Waals surface area contributed by atoms with Crippen molar-refractivity contribution in [2.24, 2.45) is 17.4 Å². The maximum Gasteiger partial charge on any atom is 0.217 e. The Balaban J connectivity index is -0.000000279. The van der Waals surface area contributed by atoms with Gasteiger partial charge in [-0.2, -0.15) is 0 Å². The van der Waals surface area contributed by atoms with Gasteiger partial charge in [0, 0.05) is 18.8 Å². The molecule has 0 spiro atoms. The molecule has 0 unspecified atom stereocenters. The largest absolute Gasteiger partial charge is 0.726 e. The zero-order chi connectivity index (χ0) is 35.6. The third kappa shape index (κ3) is 55.9. The molecular formula is C34H78N4O6S. The minimum absolute atomic E-state index is 0.0914. The van der Waals surface area contributed by atoms with Crippen LogP contribution in [-0.4, -0.2) is 102 Å². The lowest BCUT2D eigenvalue weighted by Gasteiger charge is -2.27. The molecule has 0 bridgehead atoms. The third-order valence-electron chi connectivity index (χ3n) is 7.82. The SMILES string of the molecule is CC(C)CCCCCCCCCCCCCCC(=O)[O-].CCOS(=O)(=O)[O-].CC[N+](C)(C)CCCN.CC[N+](C)(C)CCCN. The van der Waals surface area contributed by atoms with E-state index < -0.39 is 16.4 Å². The number of hydrogen-bond acceptors (Lipinski definition) is 8. The predicted molar refractivity (Wildman–Crippen MR) is 188 cm³/mol. The average Bonchev–Trinajstić information content (AvgIpc) is 2.95. The van der Waals surface area contributed by atoms with Gasteiger partial charge in [-0.15, -0.1) is 0 Å². The van der Waals surface area contributed by atoms with Crippen LogP contribution in [0.1, 0.15) is 137 Å². The molecule has 0 amide bonds. The van der Waals surface area contributed by atoms with Crippen molar-refractivity contribution in [2.75, 3.05) is 74.1 Å². The summed E-state index contributed by atoms with van der Waals surface area (Å²) in [7, 11) is 4.50. The molecule has 4 N–H and O–H groups in total. The van der Waals surface area contributed by atoms with Crippen LogP contribution in [-0.2, 0) is 19.4 Å². The highest BCUT2D eigenvalue weighted by Gasteiger charge is 2.09. The summed E-state index contributed by atoms with van der Waals surface area (Å²) in [6.45, 7) is 16.8. The number of carbonyl (C=O) groups is 1. The molecule has 276 valence electrons. The summed E-state index contributed by atoms with van der Waals surface area (Å²) in [5, 5.41) is 10.2. The summed E-state index contributed by atoms with van der Waals surface area (Å²) in [5.74, 6) is -0.0415. The molecule has 0 aromatic rings. The third-order valence-corrected chi connectivity index (χ3v) is 8.35. The van der Waals surface area contributed by atoms with Crippen molar-refractivity contribution in [1.82, 2.24) is 0 Å². The molecular weight excluding hydrogens is 592 g/mol. The van der Waals surface area contributed by atoms with E-state index >= 15 is 0 Å². The van der Waals surface area contributed by atoms with Crippen molar-refractivity contribution in [3.05, 3.63) is 0 Å². The molecule has 0 radical (unpaired) electrons. The fraction of sp³-hybridized carbons (Fsp3) is 0.971. The Morgan fingerprint density at radius 1 is 0.667 bits per heavy atom. The molecule has 11 heteroatoms. The van der Waals surface area contributed by atoms with Crippen LogP contribution in [0.4, 0.5) is 0 Å². The minimum Gasteiger partial charge on any atom is -0.726 e. The maximum atomic E-state index is 10.2. The summed E-state index contributed by atoms with van der Waals surface area (Å²) in [6.07, 6.45) is 19.3. The van der Waals surface area contributed by atoms with Gasteiger partial charge < -0.3 is 34.9 Å². The second kappa shape index (κ2) is 34.5. The molecule has 0 aromatic heterocycles. The van der Waals surface area contributed by atoms with Crippen molar-refractivity contribution < 1.29 is 36.0 Å². The summed E-state index contributed by atoms with van der Waals surface area (Å²) < 4.78 is 34.2. The Bertz CT molecular complexity index is 699. The van der Waals surface area contributed by atoms with Gasteiger partial charge >= 0.3 is 0 Å². The first-order chi connectivity index (χ1) is 20.9. The van der Waals surface area contributed by atoms with E-state index in [9.17, 15) is 22.9 Å². The van der Waals surface area contributed by atoms with E-state index in [0.717, 1.165) is 53.7 Å². The standard InChI is InChI=1S/C18H36O2.2C7H19N2.C2H6O4S/c1-17(2)15-13-11-9-7-5-3-4-6-8-10-12-14-16-18(19)20;2*1-4-9(2,3)7-5-6-8;1-2-6-7(3,4)5/h17H,3-16H2,1-2H3,(H,19,20);2*4-8H2,1-3H3;2H2,1H3,(H,3,4,5)/q;2*+1;/p-2. The quantitative estimate of drug-likeness (QED) is 0.0581. The zero-order valence-corrected chi connectivity index (χ0v) is 32.1. The molecule has 0 rings (SSSR count). The lowest BCUT2D eigenvalue weighted by Crippen LogP contribution is -2.40. The Kier molecular flexibility index (Phi) is 39.1. The van der Waals surface area contributed by atoms with Gasteiger partial charge in [-0.3, -0.25) is 4.18 Å². The van der Waals surface area contributed by atoms with Gasteiger partial charge in [-0.1, -0.05) is 90.9 Å². The van der Waals surface area contributed by atoms with E-state index in [2.05, 4.69) is 60.1 Å². The second-order valence-corrected chi connectivity index (χ2v) is 14.6. The van der Waals surface area contributed by atoms with Crippen LogP contribution in [0, 0.1) is 5.92 Å². The lowest BCUT2D eigenvalue weighted by molar-refractivity contribution is -0.888. The van der Waals surface area contributed by atoms with Crippen LogP contribution in [0.15, 0.2) is 0 Å². The van der Waals surface area contributed by atoms with Crippen LogP contribution in [0.2, 0.25) is 0 Å². The highest BCUT2D eigenvalue weighted by molar-refractivity contribution is 7.80. The van der Waals surface area contributed by atoms with Crippen LogP contribution >= 0.6 is 0 Å². The minimum atomic E-state index is -4.42. The summed E-state index contributed by atoms with van der Waals surface area (Å²) in [4.78, 5) is 10.2. The van der Waals surface area contributed by atoms with E-state index in [1.165, 1.54) is 104 Å². The van der Waals surface area contributed by atoms with Crippen LogP contribution in [0.3, 0.4) is 0 Å². The van der Waals surface area contributed by atoms with Gasteiger partial charge in [0.25, 0.3) is 0 Å². The number of aliphatic carboxylic acids is 1. The second-order valence-electron chi connectivity index (χ2n) is 13.6. The molecule has 10 nitrogen and oxygen atoms in total. The molecule has 0 aromatic carbocycles. The first kappa shape index (κ1) is 51.0. The Morgan fingerprint density at radius 2 is 1.00 bits per heavy atom. The monoisotopic (exact) mass is 671 g/mol. The average molecular weight is 671 g/mol. The van der Waals surface area contributed by atoms with Crippen LogP contribution in [0.5, 0.6) is 0 Å². The van der Waals surface area contributed by atoms with Crippen molar-refractivity contribution in [2.45, 2.75) is 137 Å². The Labute approximate surface area is 280 Å². The highest BCUT2D eigenvalue weighted by atomic mass is 32.3. The number of quaternary nitrogens is 2. The van der Waals surface area contributed by atoms with Crippen molar-refractivity contribution in [3.63, 3.8) is 0 Å². The number of rotatable bonds is 25. The lowest BCUT2D eigenvalue weighted by atomic mass is 10.0.